The first kappa shape index (κ1) is 32.3. The van der Waals surface area contributed by atoms with Gasteiger partial charge in [0.05, 0.1) is 22.8 Å². The summed E-state index contributed by atoms with van der Waals surface area (Å²) >= 11 is 0. The molecular formula is C46H38N2O2. The average molecular weight is 651 g/mol. The molecule has 0 amide bonds. The van der Waals surface area contributed by atoms with Gasteiger partial charge in [-0.05, 0) is 81.2 Å². The maximum absolute atomic E-state index is 11.3. The first-order valence-electron chi connectivity index (χ1n) is 17.0. The second-order valence-corrected chi connectivity index (χ2v) is 12.1. The Morgan fingerprint density at radius 1 is 0.360 bits per heavy atom. The van der Waals surface area contributed by atoms with Crippen LogP contribution in [0.5, 0.6) is 11.5 Å². The highest BCUT2D eigenvalue weighted by Gasteiger charge is 2.19. The summed E-state index contributed by atoms with van der Waals surface area (Å²) in [5.74, 6) is 0.417. The number of benzene rings is 8. The Kier molecular flexibility index (Phi) is 8.85. The lowest BCUT2D eigenvalue weighted by atomic mass is 9.91. The summed E-state index contributed by atoms with van der Waals surface area (Å²) in [4.78, 5) is 10.4. The van der Waals surface area contributed by atoms with Crippen molar-refractivity contribution in [2.75, 3.05) is 0 Å². The van der Waals surface area contributed by atoms with Crippen LogP contribution in [0.3, 0.4) is 0 Å². The van der Waals surface area contributed by atoms with Crippen LogP contribution in [0.2, 0.25) is 0 Å². The largest absolute Gasteiger partial charge is 0.507 e. The zero-order valence-electron chi connectivity index (χ0n) is 28.6. The van der Waals surface area contributed by atoms with Gasteiger partial charge in [-0.2, -0.15) is 0 Å². The molecule has 4 heteroatoms. The van der Waals surface area contributed by atoms with E-state index in [1.807, 2.05) is 113 Å². The maximum atomic E-state index is 11.3. The van der Waals surface area contributed by atoms with E-state index in [9.17, 15) is 10.2 Å². The van der Waals surface area contributed by atoms with Crippen molar-refractivity contribution >= 4 is 65.9 Å². The van der Waals surface area contributed by atoms with E-state index >= 15 is 0 Å². The number of phenols is 2. The second-order valence-electron chi connectivity index (χ2n) is 12.1. The van der Waals surface area contributed by atoms with Crippen molar-refractivity contribution in [3.05, 3.63) is 146 Å². The van der Waals surface area contributed by atoms with Crippen LogP contribution >= 0.6 is 0 Å². The van der Waals surface area contributed by atoms with E-state index in [0.29, 0.717) is 0 Å². The van der Waals surface area contributed by atoms with Crippen LogP contribution in [0.1, 0.15) is 27.7 Å². The Balaban J connectivity index is 0.00000193. The molecule has 0 radical (unpaired) electrons. The fourth-order valence-corrected chi connectivity index (χ4v) is 6.80. The summed E-state index contributed by atoms with van der Waals surface area (Å²) in [7, 11) is 0. The van der Waals surface area contributed by atoms with Crippen LogP contribution in [-0.2, 0) is 0 Å². The molecule has 2 N–H and O–H groups in total. The summed E-state index contributed by atoms with van der Waals surface area (Å²) < 4.78 is 0. The molecule has 0 bridgehead atoms. The number of aromatic hydroxyl groups is 2. The smallest absolute Gasteiger partial charge is 0.124 e. The van der Waals surface area contributed by atoms with Gasteiger partial charge in [0.25, 0.3) is 0 Å². The number of nitrogens with zero attached hydrogens (tertiary/aromatic N) is 2. The van der Waals surface area contributed by atoms with Gasteiger partial charge in [-0.15, -0.1) is 0 Å². The van der Waals surface area contributed by atoms with Crippen molar-refractivity contribution in [3.63, 3.8) is 0 Å². The van der Waals surface area contributed by atoms with Gasteiger partial charge in [0.15, 0.2) is 0 Å². The molecule has 8 aromatic rings. The van der Waals surface area contributed by atoms with Gasteiger partial charge in [-0.1, -0.05) is 135 Å². The van der Waals surface area contributed by atoms with E-state index in [1.165, 1.54) is 0 Å². The Bertz CT molecular complexity index is 2430. The Hall–Kier alpha value is -6.26. The van der Waals surface area contributed by atoms with E-state index in [4.69, 9.17) is 9.98 Å². The number of fused-ring (bicyclic) bond motifs is 4. The van der Waals surface area contributed by atoms with Gasteiger partial charge in [-0.25, -0.2) is 0 Å². The number of rotatable bonds is 5. The molecule has 0 atom stereocenters. The van der Waals surface area contributed by atoms with Crippen molar-refractivity contribution in [2.24, 2.45) is 9.98 Å². The van der Waals surface area contributed by atoms with Crippen LogP contribution in [0.15, 0.2) is 156 Å². The highest BCUT2D eigenvalue weighted by atomic mass is 16.3. The molecule has 0 saturated carbocycles. The van der Waals surface area contributed by atoms with Crippen molar-refractivity contribution in [1.82, 2.24) is 0 Å². The summed E-state index contributed by atoms with van der Waals surface area (Å²) in [6.45, 7) is 7.94. The molecule has 244 valence electrons. The molecule has 0 aromatic heterocycles. The Morgan fingerprint density at radius 2 is 0.640 bits per heavy atom. The van der Waals surface area contributed by atoms with Gasteiger partial charge < -0.3 is 10.2 Å². The molecule has 50 heavy (non-hydrogen) atoms. The van der Waals surface area contributed by atoms with Crippen molar-refractivity contribution in [3.8, 4) is 33.8 Å². The fraction of sp³-hybridized carbons (Fsp3) is 0.0870. The lowest BCUT2D eigenvalue weighted by Crippen LogP contribution is -2.05. The van der Waals surface area contributed by atoms with Crippen LogP contribution in [0.25, 0.3) is 65.3 Å². The first-order valence-corrected chi connectivity index (χ1v) is 17.0. The molecule has 0 unspecified atom stereocenters. The normalized spacial score (nSPS) is 12.0. The average Bonchev–Trinajstić information content (AvgIpc) is 3.16. The van der Waals surface area contributed by atoms with Crippen LogP contribution in [0, 0.1) is 0 Å². The molecule has 0 aliphatic rings. The van der Waals surface area contributed by atoms with E-state index in [2.05, 4.69) is 48.5 Å². The van der Waals surface area contributed by atoms with Crippen LogP contribution in [0.4, 0.5) is 11.4 Å². The van der Waals surface area contributed by atoms with E-state index < -0.39 is 0 Å². The molecule has 0 spiro atoms. The lowest BCUT2D eigenvalue weighted by Gasteiger charge is -2.16. The summed E-state index contributed by atoms with van der Waals surface area (Å²) in [6, 6.07) is 48.2. The minimum Gasteiger partial charge on any atom is -0.507 e. The Labute approximate surface area is 292 Å². The predicted molar refractivity (Wildman–Crippen MR) is 214 cm³/mol. The summed E-state index contributed by atoms with van der Waals surface area (Å²) in [5, 5.41) is 30.8. The van der Waals surface area contributed by atoms with Crippen molar-refractivity contribution < 1.29 is 10.2 Å². The van der Waals surface area contributed by atoms with Crippen molar-refractivity contribution in [2.45, 2.75) is 27.7 Å². The topological polar surface area (TPSA) is 65.2 Å². The van der Waals surface area contributed by atoms with E-state index in [1.54, 1.807) is 12.1 Å². The van der Waals surface area contributed by atoms with Crippen molar-refractivity contribution in [1.29, 1.82) is 0 Å². The van der Waals surface area contributed by atoms with E-state index in [-0.39, 0.29) is 11.5 Å². The molecule has 0 aliphatic carbocycles. The molecule has 0 saturated heterocycles. The second kappa shape index (κ2) is 13.7. The predicted octanol–water partition coefficient (Wildman–Crippen LogP) is 13.0. The third-order valence-corrected chi connectivity index (χ3v) is 9.23. The zero-order chi connectivity index (χ0) is 34.8. The highest BCUT2D eigenvalue weighted by Crippen LogP contribution is 2.47. The molecule has 8 rings (SSSR count). The number of hydrogen-bond acceptors (Lipinski definition) is 4. The summed E-state index contributed by atoms with van der Waals surface area (Å²) in [5.41, 5.74) is 6.25. The Morgan fingerprint density at radius 3 is 0.980 bits per heavy atom. The minimum absolute atomic E-state index is 0.209. The van der Waals surface area contributed by atoms with Crippen LogP contribution in [-0.4, -0.2) is 21.6 Å². The molecule has 0 heterocycles. The first-order chi connectivity index (χ1) is 24.5. The van der Waals surface area contributed by atoms with Gasteiger partial charge in [-0.3, -0.25) is 9.98 Å². The quantitative estimate of drug-likeness (QED) is 0.182. The zero-order valence-corrected chi connectivity index (χ0v) is 28.6. The molecule has 4 nitrogen and oxygen atoms in total. The summed E-state index contributed by atoms with van der Waals surface area (Å²) in [6.07, 6.45) is 0. The maximum Gasteiger partial charge on any atom is 0.124 e. The standard InChI is InChI=1S/C44H32N2O2.C2H6/c1-27(45-37-23-19-29-11-3-7-15-33(29)41(37)43-35-17-9-5-13-31(35)21-25-39(43)47)28(2)46-38-24-20-30-12-4-8-16-34(30)42(38)44-36-18-10-6-14-32(36)22-26-40(44)48;1-2/h3-26,47-48H,1-2H3;1-2H3. The minimum atomic E-state index is 0.209. The van der Waals surface area contributed by atoms with Gasteiger partial charge in [0, 0.05) is 22.3 Å². The number of hydrogen-bond donors (Lipinski definition) is 2. The lowest BCUT2D eigenvalue weighted by molar-refractivity contribution is 0.477. The fourth-order valence-electron chi connectivity index (χ4n) is 6.80. The van der Waals surface area contributed by atoms with Crippen LogP contribution < -0.4 is 0 Å². The van der Waals surface area contributed by atoms with Gasteiger partial charge in [0.1, 0.15) is 11.5 Å². The molecule has 0 fully saturated rings. The van der Waals surface area contributed by atoms with E-state index in [0.717, 1.165) is 88.1 Å². The molecule has 8 aromatic carbocycles. The molecular weight excluding hydrogens is 613 g/mol. The van der Waals surface area contributed by atoms with Gasteiger partial charge >= 0.3 is 0 Å². The SMILES string of the molecule is CC.CC(=Nc1ccc2ccccc2c1-c1c(O)ccc2ccccc12)C(C)=Nc1ccc2ccccc2c1-c1c(O)ccc2ccccc12. The third-order valence-electron chi connectivity index (χ3n) is 9.23. The molecule has 0 aliphatic heterocycles. The van der Waals surface area contributed by atoms with Gasteiger partial charge in [0.2, 0.25) is 0 Å². The third kappa shape index (κ3) is 5.75. The number of phenolic OH excluding ortho intramolecular Hbond substituents is 2. The highest BCUT2D eigenvalue weighted by molar-refractivity contribution is 6.42. The monoisotopic (exact) mass is 650 g/mol. The number of aliphatic imine (C=N–C) groups is 2.